The van der Waals surface area contributed by atoms with E-state index in [2.05, 4.69) is 0 Å². The van der Waals surface area contributed by atoms with Gasteiger partial charge in [0.05, 0.1) is 17.4 Å². The van der Waals surface area contributed by atoms with Gasteiger partial charge in [-0.05, 0) is 89.9 Å². The zero-order chi connectivity index (χ0) is 26.1. The summed E-state index contributed by atoms with van der Waals surface area (Å²) in [4.78, 5) is 0. The number of aliphatic hydroxyl groups excluding tert-OH is 3. The molecule has 0 bridgehead atoms. The van der Waals surface area contributed by atoms with Crippen molar-refractivity contribution in [2.45, 2.75) is 44.1 Å². The van der Waals surface area contributed by atoms with Gasteiger partial charge in [-0.2, -0.15) is 0 Å². The summed E-state index contributed by atoms with van der Waals surface area (Å²) in [6, 6.07) is 15.6. The Morgan fingerprint density at radius 1 is 0.703 bits per heavy atom. The molecule has 0 saturated carbocycles. The average molecular weight is 499 g/mol. The standard InChI is InChI=1S/C31H30O6/c32-23-7-1-18(2-8-23)13-21-16-22(14-19-3-9-24(33)10-4-19)31(37)30-28(36)17-27(35)26(29(21)30)15-20-5-11-25(34)12-6-20/h1-3,5-9,11-12,16-17,26-27,32-37H,4,10,13-15H2. The third-order valence-electron chi connectivity index (χ3n) is 7.23. The number of phenols is 3. The topological polar surface area (TPSA) is 121 Å². The Balaban J connectivity index is 1.63. The van der Waals surface area contributed by atoms with Crippen molar-refractivity contribution < 1.29 is 30.6 Å². The largest absolute Gasteiger partial charge is 0.512 e. The fourth-order valence-corrected chi connectivity index (χ4v) is 5.30. The molecule has 0 fully saturated rings. The van der Waals surface area contributed by atoms with Crippen LogP contribution in [0.15, 0.2) is 84.2 Å². The second-order valence-corrected chi connectivity index (χ2v) is 9.85. The van der Waals surface area contributed by atoms with Crippen LogP contribution in [0.25, 0.3) is 5.76 Å². The van der Waals surface area contributed by atoms with E-state index in [9.17, 15) is 30.6 Å². The maximum Gasteiger partial charge on any atom is 0.130 e. The van der Waals surface area contributed by atoms with Gasteiger partial charge in [0.25, 0.3) is 0 Å². The van der Waals surface area contributed by atoms with Gasteiger partial charge in [0, 0.05) is 12.3 Å². The molecule has 2 aliphatic rings. The molecule has 6 N–H and O–H groups in total. The summed E-state index contributed by atoms with van der Waals surface area (Å²) in [5.74, 6) is 0.0426. The summed E-state index contributed by atoms with van der Waals surface area (Å²) in [6.07, 6.45) is 6.54. The summed E-state index contributed by atoms with van der Waals surface area (Å²) < 4.78 is 0. The number of fused-ring (bicyclic) bond motifs is 1. The molecule has 2 atom stereocenters. The molecule has 6 heteroatoms. The van der Waals surface area contributed by atoms with Crippen LogP contribution in [0.5, 0.6) is 17.2 Å². The SMILES string of the molecule is OC1=CC=C(Cc2cc(Cc3ccc(O)cc3)c3c(c2O)C(O)=CC(O)C3Cc2ccc(O)cc2)CC1. The second kappa shape index (κ2) is 10.1. The van der Waals surface area contributed by atoms with Crippen LogP contribution in [0.2, 0.25) is 0 Å². The van der Waals surface area contributed by atoms with Gasteiger partial charge in [-0.25, -0.2) is 0 Å². The number of hydrogen-bond acceptors (Lipinski definition) is 6. The normalized spacial score (nSPS) is 19.0. The number of hydrogen-bond donors (Lipinski definition) is 6. The Morgan fingerprint density at radius 2 is 1.35 bits per heavy atom. The number of allylic oxidation sites excluding steroid dienone is 4. The summed E-state index contributed by atoms with van der Waals surface area (Å²) in [6.45, 7) is 0. The van der Waals surface area contributed by atoms with Crippen molar-refractivity contribution in [2.24, 2.45) is 0 Å². The van der Waals surface area contributed by atoms with E-state index in [0.29, 0.717) is 54.6 Å². The minimum Gasteiger partial charge on any atom is -0.512 e. The lowest BCUT2D eigenvalue weighted by molar-refractivity contribution is 0.184. The molecule has 37 heavy (non-hydrogen) atoms. The van der Waals surface area contributed by atoms with E-state index in [-0.39, 0.29) is 23.0 Å². The quantitative estimate of drug-likeness (QED) is 0.259. The third-order valence-corrected chi connectivity index (χ3v) is 7.23. The fraction of sp³-hybridized carbons (Fsp3) is 0.226. The number of phenolic OH excluding ortho intramolecular Hbond substituents is 3. The molecule has 2 unspecified atom stereocenters. The molecule has 0 aliphatic heterocycles. The van der Waals surface area contributed by atoms with E-state index in [1.807, 2.05) is 24.3 Å². The lowest BCUT2D eigenvalue weighted by Gasteiger charge is -2.32. The number of rotatable bonds is 6. The summed E-state index contributed by atoms with van der Waals surface area (Å²) in [7, 11) is 0. The predicted octanol–water partition coefficient (Wildman–Crippen LogP) is 5.70. The van der Waals surface area contributed by atoms with Crippen LogP contribution in [0.3, 0.4) is 0 Å². The Hall–Kier alpha value is -4.16. The summed E-state index contributed by atoms with van der Waals surface area (Å²) in [5, 5.41) is 62.5. The van der Waals surface area contributed by atoms with Crippen LogP contribution in [-0.4, -0.2) is 36.7 Å². The van der Waals surface area contributed by atoms with E-state index in [1.54, 1.807) is 42.5 Å². The minimum absolute atomic E-state index is 0.0134. The molecule has 3 aromatic carbocycles. The maximum atomic E-state index is 11.4. The molecular formula is C31H30O6. The Bertz CT molecular complexity index is 1400. The van der Waals surface area contributed by atoms with Gasteiger partial charge in [-0.15, -0.1) is 0 Å². The number of benzene rings is 3. The Labute approximate surface area is 215 Å². The van der Waals surface area contributed by atoms with Crippen molar-refractivity contribution in [3.05, 3.63) is 118 Å². The van der Waals surface area contributed by atoms with Crippen LogP contribution in [0.4, 0.5) is 0 Å². The van der Waals surface area contributed by atoms with Gasteiger partial charge < -0.3 is 30.6 Å². The van der Waals surface area contributed by atoms with Crippen LogP contribution in [0, 0.1) is 0 Å². The highest BCUT2D eigenvalue weighted by molar-refractivity contribution is 5.75. The molecule has 0 saturated heterocycles. The first kappa shape index (κ1) is 24.5. The zero-order valence-corrected chi connectivity index (χ0v) is 20.3. The first-order valence-corrected chi connectivity index (χ1v) is 12.4. The average Bonchev–Trinajstić information content (AvgIpc) is 2.87. The highest BCUT2D eigenvalue weighted by Gasteiger charge is 2.34. The van der Waals surface area contributed by atoms with Gasteiger partial charge >= 0.3 is 0 Å². The molecule has 5 rings (SSSR count). The van der Waals surface area contributed by atoms with E-state index >= 15 is 0 Å². The first-order valence-electron chi connectivity index (χ1n) is 12.4. The Kier molecular flexibility index (Phi) is 6.68. The molecule has 190 valence electrons. The van der Waals surface area contributed by atoms with Crippen molar-refractivity contribution >= 4 is 5.76 Å². The van der Waals surface area contributed by atoms with E-state index in [0.717, 1.165) is 22.3 Å². The Morgan fingerprint density at radius 3 is 1.97 bits per heavy atom. The van der Waals surface area contributed by atoms with Crippen LogP contribution in [-0.2, 0) is 19.3 Å². The van der Waals surface area contributed by atoms with Crippen LogP contribution < -0.4 is 0 Å². The monoisotopic (exact) mass is 498 g/mol. The van der Waals surface area contributed by atoms with Gasteiger partial charge in [0.15, 0.2) is 0 Å². The maximum absolute atomic E-state index is 11.4. The zero-order valence-electron chi connectivity index (χ0n) is 20.3. The highest BCUT2D eigenvalue weighted by Crippen LogP contribution is 2.45. The van der Waals surface area contributed by atoms with Crippen LogP contribution >= 0.6 is 0 Å². The smallest absolute Gasteiger partial charge is 0.130 e. The van der Waals surface area contributed by atoms with E-state index in [1.165, 1.54) is 6.08 Å². The molecule has 2 aliphatic carbocycles. The van der Waals surface area contributed by atoms with Crippen LogP contribution in [0.1, 0.15) is 52.1 Å². The third kappa shape index (κ3) is 5.20. The van der Waals surface area contributed by atoms with Gasteiger partial charge in [-0.1, -0.05) is 42.0 Å². The number of aromatic hydroxyl groups is 3. The molecule has 0 heterocycles. The van der Waals surface area contributed by atoms with E-state index in [4.69, 9.17) is 0 Å². The minimum atomic E-state index is -0.973. The molecule has 0 spiro atoms. The molecule has 0 aromatic heterocycles. The highest BCUT2D eigenvalue weighted by atomic mass is 16.3. The van der Waals surface area contributed by atoms with Crippen molar-refractivity contribution in [3.8, 4) is 17.2 Å². The van der Waals surface area contributed by atoms with E-state index < -0.39 is 12.0 Å². The summed E-state index contributed by atoms with van der Waals surface area (Å²) >= 11 is 0. The lowest BCUT2D eigenvalue weighted by Crippen LogP contribution is -2.26. The van der Waals surface area contributed by atoms with Crippen molar-refractivity contribution in [1.82, 2.24) is 0 Å². The summed E-state index contributed by atoms with van der Waals surface area (Å²) in [5.41, 5.74) is 5.44. The second-order valence-electron chi connectivity index (χ2n) is 9.85. The van der Waals surface area contributed by atoms with Gasteiger partial charge in [0.1, 0.15) is 23.0 Å². The fourth-order valence-electron chi connectivity index (χ4n) is 5.30. The first-order chi connectivity index (χ1) is 17.8. The van der Waals surface area contributed by atoms with Crippen molar-refractivity contribution in [3.63, 3.8) is 0 Å². The molecule has 0 amide bonds. The van der Waals surface area contributed by atoms with Crippen molar-refractivity contribution in [1.29, 1.82) is 0 Å². The molecule has 0 radical (unpaired) electrons. The molecule has 3 aromatic rings. The molecular weight excluding hydrogens is 468 g/mol. The lowest BCUT2D eigenvalue weighted by atomic mass is 9.75. The number of aliphatic hydroxyl groups is 3. The molecule has 6 nitrogen and oxygen atoms in total. The van der Waals surface area contributed by atoms with Gasteiger partial charge in [0.2, 0.25) is 0 Å². The van der Waals surface area contributed by atoms with Crippen molar-refractivity contribution in [2.75, 3.05) is 0 Å². The predicted molar refractivity (Wildman–Crippen MR) is 142 cm³/mol. The van der Waals surface area contributed by atoms with Gasteiger partial charge in [-0.3, -0.25) is 0 Å².